The number of likely N-dealkylation sites (tertiary alicyclic amines) is 1. The number of aliphatic imine (C=N–C) groups is 1. The molecule has 3 rings (SSSR count). The predicted molar refractivity (Wildman–Crippen MR) is 102 cm³/mol. The first-order valence-corrected chi connectivity index (χ1v) is 9.42. The van der Waals surface area contributed by atoms with Crippen molar-refractivity contribution in [1.82, 2.24) is 20.7 Å². The number of hydrogen-bond acceptors (Lipinski definition) is 5. The molecule has 0 spiro atoms. The van der Waals surface area contributed by atoms with Crippen molar-refractivity contribution in [3.8, 4) is 6.19 Å². The molecule has 0 unspecified atom stereocenters. The van der Waals surface area contributed by atoms with Crippen molar-refractivity contribution in [3.05, 3.63) is 29.7 Å². The lowest BCUT2D eigenvalue weighted by atomic mass is 9.91. The van der Waals surface area contributed by atoms with Crippen LogP contribution in [0.4, 0.5) is 4.39 Å². The second-order valence-electron chi connectivity index (χ2n) is 6.68. The lowest BCUT2D eigenvalue weighted by Gasteiger charge is -2.31. The maximum atomic E-state index is 13.3. The molecule has 1 aliphatic rings. The Kier molecular flexibility index (Phi) is 6.60. The molecule has 2 heterocycles. The van der Waals surface area contributed by atoms with E-state index >= 15 is 0 Å². The fourth-order valence-corrected chi connectivity index (χ4v) is 3.50. The number of nitriles is 1. The highest BCUT2D eigenvalue weighted by atomic mass is 19.1. The number of benzene rings is 1. The van der Waals surface area contributed by atoms with E-state index in [2.05, 4.69) is 25.7 Å². The van der Waals surface area contributed by atoms with Gasteiger partial charge in [-0.15, -0.1) is 0 Å². The Morgan fingerprint density at radius 2 is 2.26 bits per heavy atom. The maximum Gasteiger partial charge on any atom is 0.204 e. The van der Waals surface area contributed by atoms with Crippen molar-refractivity contribution < 1.29 is 8.91 Å². The average molecular weight is 372 g/mol. The minimum Gasteiger partial charge on any atom is -0.356 e. The highest BCUT2D eigenvalue weighted by Crippen LogP contribution is 2.32. The normalized spacial score (nSPS) is 16.4. The Morgan fingerprint density at radius 3 is 3.00 bits per heavy atom. The highest BCUT2D eigenvalue weighted by Gasteiger charge is 2.24. The van der Waals surface area contributed by atoms with Gasteiger partial charge in [-0.3, -0.25) is 10.3 Å². The molecule has 0 radical (unpaired) electrons. The Hall–Kier alpha value is -2.66. The van der Waals surface area contributed by atoms with Crippen LogP contribution < -0.4 is 10.6 Å². The van der Waals surface area contributed by atoms with Gasteiger partial charge in [-0.25, -0.2) is 4.39 Å². The summed E-state index contributed by atoms with van der Waals surface area (Å²) in [6.45, 7) is 6.35. The van der Waals surface area contributed by atoms with Gasteiger partial charge in [0.25, 0.3) is 0 Å². The molecule has 0 saturated carbocycles. The fourth-order valence-electron chi connectivity index (χ4n) is 3.50. The summed E-state index contributed by atoms with van der Waals surface area (Å²) in [5, 5.41) is 19.4. The Labute approximate surface area is 158 Å². The molecule has 144 valence electrons. The molecule has 1 fully saturated rings. The SMILES string of the molecule is CCNC(=NCCCN1CCC(c2noc3cc(F)ccc23)CC1)NC#N. The largest absolute Gasteiger partial charge is 0.356 e. The molecule has 1 aliphatic heterocycles. The molecule has 1 saturated heterocycles. The summed E-state index contributed by atoms with van der Waals surface area (Å²) < 4.78 is 18.6. The Morgan fingerprint density at radius 1 is 1.44 bits per heavy atom. The molecule has 0 atom stereocenters. The van der Waals surface area contributed by atoms with Crippen molar-refractivity contribution >= 4 is 16.9 Å². The number of piperidine rings is 1. The van der Waals surface area contributed by atoms with E-state index < -0.39 is 0 Å². The van der Waals surface area contributed by atoms with E-state index in [1.54, 1.807) is 6.07 Å². The van der Waals surface area contributed by atoms with E-state index in [9.17, 15) is 4.39 Å². The summed E-state index contributed by atoms with van der Waals surface area (Å²) in [5.74, 6) is 0.587. The molecule has 2 N–H and O–H groups in total. The van der Waals surface area contributed by atoms with Crippen molar-refractivity contribution in [3.63, 3.8) is 0 Å². The van der Waals surface area contributed by atoms with E-state index in [0.717, 1.165) is 56.5 Å². The van der Waals surface area contributed by atoms with E-state index in [0.29, 0.717) is 24.0 Å². The van der Waals surface area contributed by atoms with Gasteiger partial charge < -0.3 is 14.7 Å². The zero-order valence-corrected chi connectivity index (χ0v) is 15.5. The standard InChI is InChI=1S/C19H25FN6O/c1-2-22-19(24-13-21)23-8-3-9-26-10-6-14(7-11-26)18-16-5-4-15(20)12-17(16)27-25-18/h4-5,12,14H,2-3,6-11H2,1H3,(H2,22,23,24). The van der Waals surface area contributed by atoms with Gasteiger partial charge in [0.05, 0.1) is 5.69 Å². The molecule has 2 aromatic rings. The summed E-state index contributed by atoms with van der Waals surface area (Å²) >= 11 is 0. The van der Waals surface area contributed by atoms with Crippen LogP contribution in [0.5, 0.6) is 0 Å². The number of hydrogen-bond donors (Lipinski definition) is 2. The van der Waals surface area contributed by atoms with Gasteiger partial charge in [-0.05, 0) is 58.0 Å². The topological polar surface area (TPSA) is 89.5 Å². The maximum absolute atomic E-state index is 13.3. The van der Waals surface area contributed by atoms with Crippen LogP contribution in [0.1, 0.15) is 37.8 Å². The van der Waals surface area contributed by atoms with E-state index in [1.165, 1.54) is 12.1 Å². The molecule has 1 aromatic carbocycles. The highest BCUT2D eigenvalue weighted by molar-refractivity contribution is 5.81. The number of nitrogens with zero attached hydrogens (tertiary/aromatic N) is 4. The van der Waals surface area contributed by atoms with Gasteiger partial charge in [0, 0.05) is 30.5 Å². The number of rotatable bonds is 6. The fraction of sp³-hybridized carbons (Fsp3) is 0.526. The molecule has 0 aliphatic carbocycles. The molecule has 27 heavy (non-hydrogen) atoms. The average Bonchev–Trinajstić information content (AvgIpc) is 3.09. The first kappa shape index (κ1) is 19.1. The second kappa shape index (κ2) is 9.33. The van der Waals surface area contributed by atoms with Gasteiger partial charge >= 0.3 is 0 Å². The van der Waals surface area contributed by atoms with Crippen LogP contribution in [0, 0.1) is 17.3 Å². The van der Waals surface area contributed by atoms with Crippen molar-refractivity contribution in [1.29, 1.82) is 5.26 Å². The van der Waals surface area contributed by atoms with Crippen molar-refractivity contribution in [2.45, 2.75) is 32.1 Å². The summed E-state index contributed by atoms with van der Waals surface area (Å²) in [6.07, 6.45) is 4.86. The predicted octanol–water partition coefficient (Wildman–Crippen LogP) is 2.57. The molecule has 1 aromatic heterocycles. The van der Waals surface area contributed by atoms with Gasteiger partial charge in [0.15, 0.2) is 11.8 Å². The third kappa shape index (κ3) is 4.95. The summed E-state index contributed by atoms with van der Waals surface area (Å²) in [5.41, 5.74) is 1.47. The van der Waals surface area contributed by atoms with Crippen LogP contribution in [-0.2, 0) is 0 Å². The molecule has 0 bridgehead atoms. The Bertz CT molecular complexity index is 819. The quantitative estimate of drug-likeness (QED) is 0.266. The van der Waals surface area contributed by atoms with Crippen LogP contribution in [0.2, 0.25) is 0 Å². The van der Waals surface area contributed by atoms with Crippen LogP contribution >= 0.6 is 0 Å². The lowest BCUT2D eigenvalue weighted by Crippen LogP contribution is -2.35. The van der Waals surface area contributed by atoms with Gasteiger partial charge in [0.2, 0.25) is 5.96 Å². The van der Waals surface area contributed by atoms with E-state index in [4.69, 9.17) is 9.78 Å². The van der Waals surface area contributed by atoms with E-state index in [1.807, 2.05) is 13.1 Å². The van der Waals surface area contributed by atoms with Crippen LogP contribution in [0.25, 0.3) is 11.0 Å². The summed E-state index contributed by atoms with van der Waals surface area (Å²) in [4.78, 5) is 6.81. The zero-order valence-electron chi connectivity index (χ0n) is 15.5. The monoisotopic (exact) mass is 372 g/mol. The molecule has 0 amide bonds. The lowest BCUT2D eigenvalue weighted by molar-refractivity contribution is 0.208. The first-order chi connectivity index (χ1) is 13.2. The minimum atomic E-state index is -0.301. The summed E-state index contributed by atoms with van der Waals surface area (Å²) in [6, 6.07) is 4.61. The van der Waals surface area contributed by atoms with Crippen LogP contribution in [0.3, 0.4) is 0 Å². The van der Waals surface area contributed by atoms with Gasteiger partial charge in [-0.1, -0.05) is 5.16 Å². The molecular weight excluding hydrogens is 347 g/mol. The number of nitrogens with one attached hydrogen (secondary N) is 2. The van der Waals surface area contributed by atoms with Crippen molar-refractivity contribution in [2.24, 2.45) is 4.99 Å². The number of aromatic nitrogens is 1. The third-order valence-corrected chi connectivity index (χ3v) is 4.86. The summed E-state index contributed by atoms with van der Waals surface area (Å²) in [7, 11) is 0. The Balaban J connectivity index is 1.46. The molecular formula is C19H25FN6O. The van der Waals surface area contributed by atoms with Crippen LogP contribution in [-0.4, -0.2) is 48.7 Å². The van der Waals surface area contributed by atoms with Gasteiger partial charge in [0.1, 0.15) is 5.82 Å². The van der Waals surface area contributed by atoms with Crippen LogP contribution in [0.15, 0.2) is 27.7 Å². The molecule has 8 heteroatoms. The molecule has 7 nitrogen and oxygen atoms in total. The number of fused-ring (bicyclic) bond motifs is 1. The third-order valence-electron chi connectivity index (χ3n) is 4.86. The minimum absolute atomic E-state index is 0.301. The number of guanidine groups is 1. The number of halogens is 1. The zero-order chi connectivity index (χ0) is 19.1. The second-order valence-corrected chi connectivity index (χ2v) is 6.68. The first-order valence-electron chi connectivity index (χ1n) is 9.42. The van der Waals surface area contributed by atoms with Gasteiger partial charge in [-0.2, -0.15) is 5.26 Å². The smallest absolute Gasteiger partial charge is 0.204 e. The van der Waals surface area contributed by atoms with E-state index in [-0.39, 0.29) is 5.82 Å². The van der Waals surface area contributed by atoms with Crippen molar-refractivity contribution in [2.75, 3.05) is 32.7 Å².